The minimum Gasteiger partial charge on any atom is -0.446 e. The van der Waals surface area contributed by atoms with Crippen molar-refractivity contribution in [3.8, 4) is 17.2 Å². The van der Waals surface area contributed by atoms with Crippen molar-refractivity contribution in [2.75, 3.05) is 6.54 Å². The van der Waals surface area contributed by atoms with Gasteiger partial charge in [-0.15, -0.1) is 0 Å². The van der Waals surface area contributed by atoms with Gasteiger partial charge in [-0.2, -0.15) is 5.26 Å². The van der Waals surface area contributed by atoms with Crippen LogP contribution in [0.2, 0.25) is 0 Å². The van der Waals surface area contributed by atoms with Crippen LogP contribution in [0.1, 0.15) is 37.8 Å². The summed E-state index contributed by atoms with van der Waals surface area (Å²) in [7, 11) is 0. The number of cyclic esters (lactones) is 1. The van der Waals surface area contributed by atoms with Crippen molar-refractivity contribution >= 4 is 6.09 Å². The van der Waals surface area contributed by atoms with Crippen LogP contribution >= 0.6 is 0 Å². The predicted octanol–water partition coefficient (Wildman–Crippen LogP) is 6.75. The molecule has 0 saturated carbocycles. The number of rotatable bonds is 5. The van der Waals surface area contributed by atoms with Crippen LogP contribution in [0.5, 0.6) is 0 Å². The van der Waals surface area contributed by atoms with Gasteiger partial charge >= 0.3 is 6.09 Å². The highest BCUT2D eigenvalue weighted by atomic mass is 19.1. The van der Waals surface area contributed by atoms with Gasteiger partial charge in [0.05, 0.1) is 12.1 Å². The van der Waals surface area contributed by atoms with E-state index in [1.807, 2.05) is 67.6 Å². The number of carbonyl (C=O) groups excluding carboxylic acids is 1. The summed E-state index contributed by atoms with van der Waals surface area (Å²) >= 11 is 0. The maximum Gasteiger partial charge on any atom is 0.410 e. The molecule has 1 aliphatic heterocycles. The Balaban J connectivity index is 0.000000416. The van der Waals surface area contributed by atoms with Gasteiger partial charge in [0.15, 0.2) is 0 Å². The molecule has 0 aromatic heterocycles. The van der Waals surface area contributed by atoms with Crippen LogP contribution < -0.4 is 0 Å². The SMILES string of the molecule is CC(c1ccc(-c2ccc(F)cc2)cc1)N1CCC(CCC#N)OC1=O.c1ccccc1. The van der Waals surface area contributed by atoms with Crippen molar-refractivity contribution in [1.82, 2.24) is 4.90 Å². The maximum atomic E-state index is 13.0. The molecular formula is C27H27FN2O2. The van der Waals surface area contributed by atoms with E-state index in [2.05, 4.69) is 6.07 Å². The molecule has 1 aliphatic rings. The lowest BCUT2D eigenvalue weighted by Gasteiger charge is -2.35. The lowest BCUT2D eigenvalue weighted by atomic mass is 10.00. The average molecular weight is 431 g/mol. The molecule has 4 nitrogen and oxygen atoms in total. The van der Waals surface area contributed by atoms with Gasteiger partial charge in [-0.05, 0) is 42.2 Å². The van der Waals surface area contributed by atoms with Crippen molar-refractivity contribution in [2.24, 2.45) is 0 Å². The highest BCUT2D eigenvalue weighted by molar-refractivity contribution is 5.69. The minimum atomic E-state index is -0.325. The molecule has 1 saturated heterocycles. The summed E-state index contributed by atoms with van der Waals surface area (Å²) in [5.74, 6) is -0.254. The zero-order valence-electron chi connectivity index (χ0n) is 18.2. The summed E-state index contributed by atoms with van der Waals surface area (Å²) in [6.07, 6.45) is 1.25. The molecule has 2 unspecified atom stereocenters. The van der Waals surface area contributed by atoms with E-state index in [1.54, 1.807) is 17.0 Å². The Morgan fingerprint density at radius 2 is 1.53 bits per heavy atom. The number of ether oxygens (including phenoxy) is 1. The normalized spacial score (nSPS) is 16.2. The molecule has 164 valence electrons. The van der Waals surface area contributed by atoms with E-state index in [-0.39, 0.29) is 24.1 Å². The Bertz CT molecular complexity index is 988. The third kappa shape index (κ3) is 6.42. The first-order valence-electron chi connectivity index (χ1n) is 10.8. The van der Waals surface area contributed by atoms with Crippen LogP contribution in [-0.4, -0.2) is 23.6 Å². The lowest BCUT2D eigenvalue weighted by Crippen LogP contribution is -2.43. The molecule has 0 bridgehead atoms. The summed E-state index contributed by atoms with van der Waals surface area (Å²) in [6.45, 7) is 2.60. The van der Waals surface area contributed by atoms with Crippen LogP contribution in [0.4, 0.5) is 9.18 Å². The molecule has 0 N–H and O–H groups in total. The van der Waals surface area contributed by atoms with Crippen LogP contribution in [-0.2, 0) is 4.74 Å². The molecule has 1 heterocycles. The molecule has 1 fully saturated rings. The number of nitrogens with zero attached hydrogens (tertiary/aromatic N) is 2. The maximum absolute atomic E-state index is 13.0. The van der Waals surface area contributed by atoms with E-state index >= 15 is 0 Å². The number of benzene rings is 3. The fraction of sp³-hybridized carbons (Fsp3) is 0.259. The van der Waals surface area contributed by atoms with Crippen molar-refractivity contribution in [1.29, 1.82) is 5.26 Å². The van der Waals surface area contributed by atoms with E-state index in [1.165, 1.54) is 12.1 Å². The lowest BCUT2D eigenvalue weighted by molar-refractivity contribution is 0.0106. The van der Waals surface area contributed by atoms with Crippen molar-refractivity contribution in [2.45, 2.75) is 38.3 Å². The summed E-state index contributed by atoms with van der Waals surface area (Å²) in [5.41, 5.74) is 2.96. The quantitative estimate of drug-likeness (QED) is 0.450. The topological polar surface area (TPSA) is 53.3 Å². The van der Waals surface area contributed by atoms with E-state index < -0.39 is 0 Å². The number of hydrogen-bond donors (Lipinski definition) is 0. The summed E-state index contributed by atoms with van der Waals surface area (Å²) in [5, 5.41) is 8.65. The fourth-order valence-corrected chi connectivity index (χ4v) is 3.59. The van der Waals surface area contributed by atoms with Crippen LogP contribution in [0.25, 0.3) is 11.1 Å². The Kier molecular flexibility index (Phi) is 8.39. The number of carbonyl (C=O) groups is 1. The smallest absolute Gasteiger partial charge is 0.410 e. The molecule has 1 amide bonds. The van der Waals surface area contributed by atoms with Crippen LogP contribution in [0.15, 0.2) is 84.9 Å². The Labute approximate surface area is 188 Å². The molecule has 2 atom stereocenters. The predicted molar refractivity (Wildman–Crippen MR) is 123 cm³/mol. The minimum absolute atomic E-state index is 0.0957. The monoisotopic (exact) mass is 430 g/mol. The summed E-state index contributed by atoms with van der Waals surface area (Å²) in [4.78, 5) is 14.0. The van der Waals surface area contributed by atoms with E-state index in [9.17, 15) is 9.18 Å². The number of hydrogen-bond acceptors (Lipinski definition) is 3. The van der Waals surface area contributed by atoms with Gasteiger partial charge in [-0.25, -0.2) is 9.18 Å². The third-order valence-electron chi connectivity index (χ3n) is 5.48. The molecule has 4 rings (SSSR count). The molecule has 32 heavy (non-hydrogen) atoms. The summed E-state index contributed by atoms with van der Waals surface area (Å²) in [6, 6.07) is 28.3. The zero-order valence-corrected chi connectivity index (χ0v) is 18.2. The number of nitriles is 1. The molecule has 5 heteroatoms. The first-order valence-corrected chi connectivity index (χ1v) is 10.8. The summed E-state index contributed by atoms with van der Waals surface area (Å²) < 4.78 is 18.5. The van der Waals surface area contributed by atoms with Crippen molar-refractivity contribution in [3.05, 3.63) is 96.3 Å². The third-order valence-corrected chi connectivity index (χ3v) is 5.48. The highest BCUT2D eigenvalue weighted by Crippen LogP contribution is 2.28. The molecular weight excluding hydrogens is 403 g/mol. The molecule has 3 aromatic carbocycles. The molecule has 0 spiro atoms. The molecule has 3 aromatic rings. The van der Waals surface area contributed by atoms with Gasteiger partial charge in [-0.3, -0.25) is 0 Å². The van der Waals surface area contributed by atoms with Gasteiger partial charge in [0.25, 0.3) is 0 Å². The van der Waals surface area contributed by atoms with Crippen LogP contribution in [0.3, 0.4) is 0 Å². The van der Waals surface area contributed by atoms with Crippen molar-refractivity contribution < 1.29 is 13.9 Å². The second kappa shape index (κ2) is 11.7. The van der Waals surface area contributed by atoms with Gasteiger partial charge in [0.2, 0.25) is 0 Å². The molecule has 0 aliphatic carbocycles. The second-order valence-electron chi connectivity index (χ2n) is 7.64. The first-order chi connectivity index (χ1) is 15.6. The average Bonchev–Trinajstić information content (AvgIpc) is 2.84. The fourth-order valence-electron chi connectivity index (χ4n) is 3.59. The first kappa shape index (κ1) is 23.0. The molecule has 0 radical (unpaired) electrons. The standard InChI is InChI=1S/C21H21FN2O2.C6H6/c1-15(24-14-12-20(3-2-13-23)26-21(24)25)16-4-6-17(7-5-16)18-8-10-19(22)11-9-18;1-2-4-6-5-3-1/h4-11,15,20H,2-3,12,14H2,1H3;1-6H. The van der Waals surface area contributed by atoms with Crippen LogP contribution in [0, 0.1) is 17.1 Å². The Hall–Kier alpha value is -3.65. The van der Waals surface area contributed by atoms with E-state index in [0.29, 0.717) is 19.4 Å². The van der Waals surface area contributed by atoms with E-state index in [0.717, 1.165) is 23.1 Å². The highest BCUT2D eigenvalue weighted by Gasteiger charge is 2.30. The number of halogens is 1. The second-order valence-corrected chi connectivity index (χ2v) is 7.64. The van der Waals surface area contributed by atoms with Crippen molar-refractivity contribution in [3.63, 3.8) is 0 Å². The number of amides is 1. The van der Waals surface area contributed by atoms with E-state index in [4.69, 9.17) is 10.00 Å². The van der Waals surface area contributed by atoms with Gasteiger partial charge < -0.3 is 9.64 Å². The zero-order chi connectivity index (χ0) is 22.8. The Morgan fingerprint density at radius 1 is 1.00 bits per heavy atom. The van der Waals surface area contributed by atoms with Gasteiger partial charge in [0.1, 0.15) is 11.9 Å². The van der Waals surface area contributed by atoms with Gasteiger partial charge in [-0.1, -0.05) is 72.8 Å². The van der Waals surface area contributed by atoms with Gasteiger partial charge in [0, 0.05) is 19.4 Å². The largest absolute Gasteiger partial charge is 0.446 e. The Morgan fingerprint density at radius 3 is 2.03 bits per heavy atom.